The van der Waals surface area contributed by atoms with Crippen LogP contribution in [0.1, 0.15) is 25.0 Å². The van der Waals surface area contributed by atoms with Crippen molar-refractivity contribution in [2.75, 3.05) is 6.61 Å². The lowest BCUT2D eigenvalue weighted by Crippen LogP contribution is -2.31. The van der Waals surface area contributed by atoms with Crippen molar-refractivity contribution in [1.82, 2.24) is 9.78 Å². The van der Waals surface area contributed by atoms with Crippen LogP contribution in [0.5, 0.6) is 5.75 Å². The zero-order valence-corrected chi connectivity index (χ0v) is 17.7. The summed E-state index contributed by atoms with van der Waals surface area (Å²) in [6.07, 6.45) is 0.782. The van der Waals surface area contributed by atoms with Gasteiger partial charge in [0.25, 0.3) is 5.56 Å². The van der Waals surface area contributed by atoms with E-state index in [9.17, 15) is 9.90 Å². The van der Waals surface area contributed by atoms with Crippen molar-refractivity contribution in [2.24, 2.45) is 0 Å². The lowest BCUT2D eigenvalue weighted by molar-refractivity contribution is 0.0881. The fourth-order valence-electron chi connectivity index (χ4n) is 3.69. The minimum Gasteiger partial charge on any atom is -0.491 e. The van der Waals surface area contributed by atoms with E-state index in [4.69, 9.17) is 4.74 Å². The van der Waals surface area contributed by atoms with Crippen molar-refractivity contribution in [3.63, 3.8) is 0 Å². The van der Waals surface area contributed by atoms with Gasteiger partial charge in [0.05, 0.1) is 18.1 Å². The van der Waals surface area contributed by atoms with Crippen molar-refractivity contribution in [1.29, 1.82) is 0 Å². The van der Waals surface area contributed by atoms with Crippen LogP contribution in [-0.2, 0) is 12.0 Å². The lowest BCUT2D eigenvalue weighted by Gasteiger charge is -2.26. The smallest absolute Gasteiger partial charge is 0.274 e. The van der Waals surface area contributed by atoms with Gasteiger partial charge < -0.3 is 9.84 Å². The van der Waals surface area contributed by atoms with Gasteiger partial charge in [0.15, 0.2) is 0 Å². The van der Waals surface area contributed by atoms with Crippen LogP contribution in [0.2, 0.25) is 0 Å². The van der Waals surface area contributed by atoms with E-state index in [2.05, 4.69) is 31.1 Å². The first-order valence-corrected chi connectivity index (χ1v) is 10.4. The Labute approximate surface area is 181 Å². The molecule has 0 radical (unpaired) electrons. The third-order valence-corrected chi connectivity index (χ3v) is 5.66. The van der Waals surface area contributed by atoms with Gasteiger partial charge in [0, 0.05) is 10.8 Å². The molecule has 3 aromatic carbocycles. The van der Waals surface area contributed by atoms with Crippen LogP contribution >= 0.6 is 0 Å². The second-order valence-corrected chi connectivity index (χ2v) is 8.20. The molecule has 0 saturated heterocycles. The second kappa shape index (κ2) is 8.74. The molecule has 0 saturated carbocycles. The minimum atomic E-state index is -0.855. The van der Waals surface area contributed by atoms with Crippen LogP contribution in [-0.4, -0.2) is 27.6 Å². The van der Waals surface area contributed by atoms with Crippen LogP contribution in [0.25, 0.3) is 10.8 Å². The number of fused-ring (bicyclic) bond motifs is 1. The fourth-order valence-corrected chi connectivity index (χ4v) is 3.69. The molecule has 1 N–H and O–H groups in total. The Bertz CT molecular complexity index is 1210. The molecule has 1 aromatic heterocycles. The first kappa shape index (κ1) is 20.8. The Balaban J connectivity index is 1.39. The summed E-state index contributed by atoms with van der Waals surface area (Å²) in [6, 6.07) is 25.6. The molecule has 1 unspecified atom stereocenters. The summed E-state index contributed by atoms with van der Waals surface area (Å²) in [5.74, 6) is 0.672. The summed E-state index contributed by atoms with van der Waals surface area (Å²) in [4.78, 5) is 12.5. The Kier molecular flexibility index (Phi) is 5.87. The summed E-state index contributed by atoms with van der Waals surface area (Å²) in [5.41, 5.74) is 2.08. The molecule has 0 spiro atoms. The van der Waals surface area contributed by atoms with Gasteiger partial charge in [-0.25, -0.2) is 4.68 Å². The maximum Gasteiger partial charge on any atom is 0.274 e. The van der Waals surface area contributed by atoms with E-state index in [1.165, 1.54) is 15.8 Å². The summed E-state index contributed by atoms with van der Waals surface area (Å²) >= 11 is 0. The van der Waals surface area contributed by atoms with Crippen LogP contribution in [0, 0.1) is 0 Å². The molecule has 0 amide bonds. The predicted molar refractivity (Wildman–Crippen MR) is 123 cm³/mol. The number of hydrogen-bond donors (Lipinski definition) is 1. The largest absolute Gasteiger partial charge is 0.491 e. The molecule has 1 heterocycles. The maximum absolute atomic E-state index is 12.5. The lowest BCUT2D eigenvalue weighted by atomic mass is 9.78. The Morgan fingerprint density at radius 3 is 2.32 bits per heavy atom. The van der Waals surface area contributed by atoms with Crippen LogP contribution < -0.4 is 10.3 Å². The monoisotopic (exact) mass is 414 g/mol. The molecule has 4 rings (SSSR count). The molecule has 0 aliphatic carbocycles. The van der Waals surface area contributed by atoms with E-state index in [-0.39, 0.29) is 24.1 Å². The average Bonchev–Trinajstić information content (AvgIpc) is 2.80. The first-order chi connectivity index (χ1) is 14.9. The minimum absolute atomic E-state index is 0.0718. The van der Waals surface area contributed by atoms with Gasteiger partial charge in [-0.1, -0.05) is 74.5 Å². The molecule has 0 fully saturated rings. The van der Waals surface area contributed by atoms with Gasteiger partial charge in [-0.15, -0.1) is 0 Å². The zero-order valence-electron chi connectivity index (χ0n) is 17.7. The third kappa shape index (κ3) is 4.52. The molecule has 0 aliphatic heterocycles. The van der Waals surface area contributed by atoms with Gasteiger partial charge >= 0.3 is 0 Å². The molecule has 0 aliphatic rings. The average molecular weight is 415 g/mol. The van der Waals surface area contributed by atoms with Crippen molar-refractivity contribution in [3.05, 3.63) is 107 Å². The molecule has 31 heavy (non-hydrogen) atoms. The highest BCUT2D eigenvalue weighted by Gasteiger charge is 2.22. The highest BCUT2D eigenvalue weighted by Crippen LogP contribution is 2.32. The summed E-state index contributed by atoms with van der Waals surface area (Å²) in [7, 11) is 0. The number of rotatable bonds is 7. The highest BCUT2D eigenvalue weighted by molar-refractivity contribution is 5.80. The standard InChI is InChI=1S/C26H26N2O3/c1-26(2,20-9-4-3-5-10-20)21-12-14-23(15-13-21)31-18-22(29)17-28-25(30)24-11-7-6-8-19(24)16-27-28/h3-16,22,29H,17-18H2,1-2H3. The van der Waals surface area contributed by atoms with Gasteiger partial charge in [0.1, 0.15) is 18.5 Å². The van der Waals surface area contributed by atoms with Crippen LogP contribution in [0.15, 0.2) is 89.9 Å². The van der Waals surface area contributed by atoms with Crippen molar-refractivity contribution >= 4 is 10.8 Å². The quantitative estimate of drug-likeness (QED) is 0.493. The van der Waals surface area contributed by atoms with E-state index in [0.717, 1.165) is 5.39 Å². The molecule has 4 aromatic rings. The molecule has 5 nitrogen and oxygen atoms in total. The van der Waals surface area contributed by atoms with Crippen molar-refractivity contribution in [3.8, 4) is 5.75 Å². The fraction of sp³-hybridized carbons (Fsp3) is 0.231. The Morgan fingerprint density at radius 1 is 0.935 bits per heavy atom. The topological polar surface area (TPSA) is 64.3 Å². The predicted octanol–water partition coefficient (Wildman–Crippen LogP) is 4.16. The van der Waals surface area contributed by atoms with E-state index < -0.39 is 6.10 Å². The second-order valence-electron chi connectivity index (χ2n) is 8.20. The van der Waals surface area contributed by atoms with Crippen molar-refractivity contribution in [2.45, 2.75) is 31.9 Å². The molecule has 5 heteroatoms. The van der Waals surface area contributed by atoms with Crippen LogP contribution in [0.3, 0.4) is 0 Å². The normalized spacial score (nSPS) is 12.6. The summed E-state index contributed by atoms with van der Waals surface area (Å²) < 4.78 is 7.03. The molecule has 0 bridgehead atoms. The van der Waals surface area contributed by atoms with Gasteiger partial charge in [0.2, 0.25) is 0 Å². The van der Waals surface area contributed by atoms with Crippen LogP contribution in [0.4, 0.5) is 0 Å². The van der Waals surface area contributed by atoms with Gasteiger partial charge in [-0.2, -0.15) is 5.10 Å². The number of aromatic nitrogens is 2. The first-order valence-electron chi connectivity index (χ1n) is 10.4. The van der Waals surface area contributed by atoms with Gasteiger partial charge in [-0.3, -0.25) is 4.79 Å². The molecular weight excluding hydrogens is 388 g/mol. The van der Waals surface area contributed by atoms with E-state index in [1.807, 2.05) is 60.7 Å². The number of benzene rings is 3. The number of nitrogens with zero attached hydrogens (tertiary/aromatic N) is 2. The molecule has 1 atom stereocenters. The zero-order chi connectivity index (χ0) is 21.8. The Hall–Kier alpha value is -3.44. The number of ether oxygens (including phenoxy) is 1. The molecular formula is C26H26N2O3. The van der Waals surface area contributed by atoms with E-state index in [0.29, 0.717) is 11.1 Å². The third-order valence-electron chi connectivity index (χ3n) is 5.66. The Morgan fingerprint density at radius 2 is 1.58 bits per heavy atom. The number of aliphatic hydroxyl groups excluding tert-OH is 1. The summed E-state index contributed by atoms with van der Waals surface area (Å²) in [6.45, 7) is 4.53. The number of hydrogen-bond acceptors (Lipinski definition) is 4. The SMILES string of the molecule is CC(C)(c1ccccc1)c1ccc(OCC(O)Cn2ncc3ccccc3c2=O)cc1. The maximum atomic E-state index is 12.5. The van der Waals surface area contributed by atoms with Crippen molar-refractivity contribution < 1.29 is 9.84 Å². The highest BCUT2D eigenvalue weighted by atomic mass is 16.5. The van der Waals surface area contributed by atoms with Gasteiger partial charge in [-0.05, 0) is 29.3 Å². The summed E-state index contributed by atoms with van der Waals surface area (Å²) in [5, 5.41) is 15.9. The van der Waals surface area contributed by atoms with E-state index in [1.54, 1.807) is 12.3 Å². The van der Waals surface area contributed by atoms with E-state index >= 15 is 0 Å². The molecule has 158 valence electrons. The number of aliphatic hydroxyl groups is 1.